The Labute approximate surface area is 150 Å². The lowest BCUT2D eigenvalue weighted by molar-refractivity contribution is -0.134. The summed E-state index contributed by atoms with van der Waals surface area (Å²) in [5, 5.41) is 4.56. The number of amides is 2. The Bertz CT molecular complexity index is 841. The van der Waals surface area contributed by atoms with E-state index >= 15 is 0 Å². The third-order valence-corrected chi connectivity index (χ3v) is 5.46. The summed E-state index contributed by atoms with van der Waals surface area (Å²) in [6.45, 7) is 1.34. The zero-order chi connectivity index (χ0) is 17.6. The van der Waals surface area contributed by atoms with Crippen LogP contribution in [0.5, 0.6) is 0 Å². The summed E-state index contributed by atoms with van der Waals surface area (Å²) in [4.78, 5) is 33.1. The standard InChI is InChI=1S/C17H18ClN5O2/c1-21-16(25)13-3-2-6-19-15(13)17(21)4-7-22(8-5-17)14(24)11-23-10-12(18)9-20-23/h2-3,6,9-10H,4-5,7-8,11H2,1H3. The molecule has 4 heterocycles. The maximum Gasteiger partial charge on any atom is 0.256 e. The van der Waals surface area contributed by atoms with Gasteiger partial charge in [0.15, 0.2) is 0 Å². The molecule has 0 saturated carbocycles. The molecule has 1 saturated heterocycles. The Morgan fingerprint density at radius 1 is 1.36 bits per heavy atom. The predicted octanol–water partition coefficient (Wildman–Crippen LogP) is 1.53. The lowest BCUT2D eigenvalue weighted by atomic mass is 9.84. The van der Waals surface area contributed by atoms with Gasteiger partial charge < -0.3 is 9.80 Å². The highest BCUT2D eigenvalue weighted by atomic mass is 35.5. The van der Waals surface area contributed by atoms with Crippen molar-refractivity contribution >= 4 is 23.4 Å². The van der Waals surface area contributed by atoms with Crippen LogP contribution in [0.4, 0.5) is 0 Å². The molecule has 0 radical (unpaired) electrons. The summed E-state index contributed by atoms with van der Waals surface area (Å²) in [7, 11) is 1.83. The fraction of sp³-hybridized carbons (Fsp3) is 0.412. The monoisotopic (exact) mass is 359 g/mol. The minimum absolute atomic E-state index is 0.00263. The fourth-order valence-electron chi connectivity index (χ4n) is 3.84. The minimum Gasteiger partial charge on any atom is -0.341 e. The maximum absolute atomic E-state index is 12.5. The summed E-state index contributed by atoms with van der Waals surface area (Å²) >= 11 is 5.84. The molecule has 2 aliphatic rings. The molecule has 0 aromatic carbocycles. The Balaban J connectivity index is 1.50. The zero-order valence-electron chi connectivity index (χ0n) is 13.9. The van der Waals surface area contributed by atoms with Crippen LogP contribution < -0.4 is 0 Å². The van der Waals surface area contributed by atoms with Crippen LogP contribution >= 0.6 is 11.6 Å². The summed E-state index contributed by atoms with van der Waals surface area (Å²) in [5.74, 6) is 0.0110. The number of nitrogens with zero attached hydrogens (tertiary/aromatic N) is 5. The van der Waals surface area contributed by atoms with Crippen LogP contribution in [0, 0.1) is 0 Å². The number of hydrogen-bond acceptors (Lipinski definition) is 4. The van der Waals surface area contributed by atoms with Gasteiger partial charge >= 0.3 is 0 Å². The Hall–Kier alpha value is -2.41. The second-order valence-electron chi connectivity index (χ2n) is 6.53. The van der Waals surface area contributed by atoms with Crippen LogP contribution in [-0.2, 0) is 16.9 Å². The normalized spacial score (nSPS) is 18.7. The first-order chi connectivity index (χ1) is 12.0. The largest absolute Gasteiger partial charge is 0.341 e. The van der Waals surface area contributed by atoms with Crippen molar-refractivity contribution in [2.75, 3.05) is 20.1 Å². The number of piperidine rings is 1. The van der Waals surface area contributed by atoms with Crippen molar-refractivity contribution in [1.29, 1.82) is 0 Å². The fourth-order valence-corrected chi connectivity index (χ4v) is 4.00. The van der Waals surface area contributed by atoms with Crippen molar-refractivity contribution in [1.82, 2.24) is 24.6 Å². The van der Waals surface area contributed by atoms with Crippen molar-refractivity contribution in [2.45, 2.75) is 24.9 Å². The molecule has 1 spiro atoms. The average molecular weight is 360 g/mol. The first-order valence-corrected chi connectivity index (χ1v) is 8.58. The highest BCUT2D eigenvalue weighted by Crippen LogP contribution is 2.44. The first kappa shape index (κ1) is 16.1. The molecule has 1 fully saturated rings. The number of hydrogen-bond donors (Lipinski definition) is 0. The smallest absolute Gasteiger partial charge is 0.256 e. The molecule has 4 rings (SSSR count). The molecule has 8 heteroatoms. The lowest BCUT2D eigenvalue weighted by Crippen LogP contribution is -2.52. The lowest BCUT2D eigenvalue weighted by Gasteiger charge is -2.43. The van der Waals surface area contributed by atoms with E-state index in [1.54, 1.807) is 23.4 Å². The number of likely N-dealkylation sites (tertiary alicyclic amines) is 1. The van der Waals surface area contributed by atoms with Gasteiger partial charge in [0.1, 0.15) is 6.54 Å². The molecule has 2 amide bonds. The minimum atomic E-state index is -0.403. The molecular formula is C17H18ClN5O2. The summed E-state index contributed by atoms with van der Waals surface area (Å²) in [5.41, 5.74) is 1.11. The number of carbonyl (C=O) groups excluding carboxylic acids is 2. The summed E-state index contributed by atoms with van der Waals surface area (Å²) in [6, 6.07) is 3.62. The van der Waals surface area contributed by atoms with E-state index in [1.807, 2.05) is 18.0 Å². The van der Waals surface area contributed by atoms with Crippen molar-refractivity contribution in [2.24, 2.45) is 0 Å². The van der Waals surface area contributed by atoms with E-state index in [1.165, 1.54) is 10.9 Å². The quantitative estimate of drug-likeness (QED) is 0.815. The molecule has 0 N–H and O–H groups in total. The molecule has 0 atom stereocenters. The van der Waals surface area contributed by atoms with E-state index in [0.29, 0.717) is 36.5 Å². The third-order valence-electron chi connectivity index (χ3n) is 5.27. The van der Waals surface area contributed by atoms with Crippen LogP contribution in [-0.4, -0.2) is 56.5 Å². The van der Waals surface area contributed by atoms with Gasteiger partial charge in [-0.25, -0.2) is 0 Å². The van der Waals surface area contributed by atoms with Gasteiger partial charge in [-0.15, -0.1) is 0 Å². The van der Waals surface area contributed by atoms with Crippen molar-refractivity contribution in [3.8, 4) is 0 Å². The SMILES string of the molecule is CN1C(=O)c2cccnc2C12CCN(C(=O)Cn1cc(Cl)cn1)CC2. The molecule has 0 bridgehead atoms. The van der Waals surface area contributed by atoms with E-state index in [-0.39, 0.29) is 18.4 Å². The van der Waals surface area contributed by atoms with Crippen molar-refractivity contribution in [3.05, 3.63) is 47.0 Å². The van der Waals surface area contributed by atoms with Gasteiger partial charge in [-0.05, 0) is 25.0 Å². The second kappa shape index (κ2) is 5.84. The van der Waals surface area contributed by atoms with E-state index in [0.717, 1.165) is 5.69 Å². The molecule has 0 unspecified atom stereocenters. The van der Waals surface area contributed by atoms with Crippen LogP contribution in [0.1, 0.15) is 28.9 Å². The molecule has 25 heavy (non-hydrogen) atoms. The van der Waals surface area contributed by atoms with Gasteiger partial charge in [-0.1, -0.05) is 11.6 Å². The number of carbonyl (C=O) groups is 2. The second-order valence-corrected chi connectivity index (χ2v) is 6.97. The first-order valence-electron chi connectivity index (χ1n) is 8.21. The Morgan fingerprint density at radius 2 is 2.12 bits per heavy atom. The molecule has 2 aliphatic heterocycles. The van der Waals surface area contributed by atoms with E-state index in [4.69, 9.17) is 11.6 Å². The van der Waals surface area contributed by atoms with E-state index < -0.39 is 5.54 Å². The van der Waals surface area contributed by atoms with Crippen LogP contribution in [0.3, 0.4) is 0 Å². The summed E-state index contributed by atoms with van der Waals surface area (Å²) in [6.07, 6.45) is 6.25. The van der Waals surface area contributed by atoms with E-state index in [9.17, 15) is 9.59 Å². The highest BCUT2D eigenvalue weighted by Gasteiger charge is 2.50. The van der Waals surface area contributed by atoms with E-state index in [2.05, 4.69) is 10.1 Å². The van der Waals surface area contributed by atoms with Crippen LogP contribution in [0.15, 0.2) is 30.7 Å². The number of pyridine rings is 1. The third kappa shape index (κ3) is 2.50. The molecule has 7 nitrogen and oxygen atoms in total. The van der Waals surface area contributed by atoms with Crippen LogP contribution in [0.25, 0.3) is 0 Å². The van der Waals surface area contributed by atoms with Gasteiger partial charge in [0, 0.05) is 32.5 Å². The molecular weight excluding hydrogens is 342 g/mol. The Kier molecular flexibility index (Phi) is 3.76. The summed E-state index contributed by atoms with van der Waals surface area (Å²) < 4.78 is 1.54. The Morgan fingerprint density at radius 3 is 2.80 bits per heavy atom. The van der Waals surface area contributed by atoms with Gasteiger partial charge in [-0.2, -0.15) is 5.10 Å². The van der Waals surface area contributed by atoms with Crippen LogP contribution in [0.2, 0.25) is 5.02 Å². The number of fused-ring (bicyclic) bond motifs is 2. The average Bonchev–Trinajstić information content (AvgIpc) is 3.12. The van der Waals surface area contributed by atoms with Gasteiger partial charge in [-0.3, -0.25) is 19.3 Å². The zero-order valence-corrected chi connectivity index (χ0v) is 14.6. The molecule has 2 aromatic rings. The van der Waals surface area contributed by atoms with Gasteiger partial charge in [0.2, 0.25) is 5.91 Å². The molecule has 2 aromatic heterocycles. The number of halogens is 1. The van der Waals surface area contributed by atoms with Crippen molar-refractivity contribution < 1.29 is 9.59 Å². The number of aromatic nitrogens is 3. The highest BCUT2D eigenvalue weighted by molar-refractivity contribution is 6.30. The molecule has 0 aliphatic carbocycles. The van der Waals surface area contributed by atoms with Gasteiger partial charge in [0.05, 0.1) is 28.0 Å². The van der Waals surface area contributed by atoms with Crippen molar-refractivity contribution in [3.63, 3.8) is 0 Å². The van der Waals surface area contributed by atoms with Gasteiger partial charge in [0.25, 0.3) is 5.91 Å². The topological polar surface area (TPSA) is 71.3 Å². The molecule has 130 valence electrons. The maximum atomic E-state index is 12.5. The number of rotatable bonds is 2. The predicted molar refractivity (Wildman–Crippen MR) is 91.1 cm³/mol.